The van der Waals surface area contributed by atoms with E-state index in [1.54, 1.807) is 0 Å². The Morgan fingerprint density at radius 2 is 1.21 bits per heavy atom. The van der Waals surface area contributed by atoms with Crippen molar-refractivity contribution in [3.8, 4) is 0 Å². The van der Waals surface area contributed by atoms with Gasteiger partial charge < -0.3 is 10.4 Å². The Morgan fingerprint density at radius 3 is 1.66 bits per heavy atom. The van der Waals surface area contributed by atoms with Crippen molar-refractivity contribution in [2.75, 3.05) is 20.1 Å². The van der Waals surface area contributed by atoms with Gasteiger partial charge in [-0.05, 0) is 32.1 Å². The van der Waals surface area contributed by atoms with E-state index in [2.05, 4.69) is 24.4 Å². The van der Waals surface area contributed by atoms with Gasteiger partial charge in [0, 0.05) is 13.6 Å². The molecule has 0 aliphatic carbocycles. The van der Waals surface area contributed by atoms with Crippen molar-refractivity contribution in [1.29, 1.82) is 0 Å². The molecule has 170 valence electrons. The van der Waals surface area contributed by atoms with Crippen LogP contribution in [0.1, 0.15) is 110 Å². The number of carbonyl (C=O) groups excluding carboxylic acids is 1. The third-order valence-corrected chi connectivity index (χ3v) is 5.32. The molecule has 0 aliphatic heterocycles. The maximum absolute atomic E-state index is 11.3. The van der Waals surface area contributed by atoms with Crippen LogP contribution in [0.2, 0.25) is 0 Å². The van der Waals surface area contributed by atoms with E-state index in [0.717, 1.165) is 19.3 Å². The third kappa shape index (κ3) is 19.6. The number of hydrogen-bond donors (Lipinski definition) is 2. The van der Waals surface area contributed by atoms with Gasteiger partial charge in [0.25, 0.3) is 0 Å². The van der Waals surface area contributed by atoms with Gasteiger partial charge in [-0.3, -0.25) is 9.69 Å². The highest BCUT2D eigenvalue weighted by atomic mass is 16.4. The zero-order chi connectivity index (χ0) is 21.6. The third-order valence-electron chi connectivity index (χ3n) is 5.32. The first-order chi connectivity index (χ1) is 14.1. The van der Waals surface area contributed by atoms with E-state index in [0.29, 0.717) is 6.54 Å². The summed E-state index contributed by atoms with van der Waals surface area (Å²) in [6.07, 6.45) is 23.8. The summed E-state index contributed by atoms with van der Waals surface area (Å²) in [4.78, 5) is 23.6. The lowest BCUT2D eigenvalue weighted by atomic mass is 10.1. The summed E-state index contributed by atoms with van der Waals surface area (Å²) in [5.74, 6) is -0.260. The lowest BCUT2D eigenvalue weighted by Crippen LogP contribution is -2.39. The molecule has 0 aromatic heterocycles. The van der Waals surface area contributed by atoms with Gasteiger partial charge in [-0.1, -0.05) is 89.7 Å². The summed E-state index contributed by atoms with van der Waals surface area (Å²) in [7, 11) is 1.52. The molecule has 0 fully saturated rings. The fourth-order valence-electron chi connectivity index (χ4n) is 3.40. The van der Waals surface area contributed by atoms with E-state index in [4.69, 9.17) is 5.11 Å². The smallest absolute Gasteiger partial charge is 0.407 e. The molecule has 2 amide bonds. The molecule has 0 spiro atoms. The largest absolute Gasteiger partial charge is 0.465 e. The molecule has 0 aliphatic rings. The summed E-state index contributed by atoms with van der Waals surface area (Å²) < 4.78 is 0. The molecule has 0 aromatic rings. The molecular weight excluding hydrogens is 364 g/mol. The number of unbranched alkanes of at least 4 members (excludes halogenated alkanes) is 14. The zero-order valence-electron chi connectivity index (χ0n) is 19.1. The number of likely N-dealkylation sites (N-methyl/N-ethyl adjacent to an activating group) is 1. The Morgan fingerprint density at radius 1 is 0.759 bits per heavy atom. The first-order valence-corrected chi connectivity index (χ1v) is 11.9. The Kier molecular flexibility index (Phi) is 20.1. The van der Waals surface area contributed by atoms with Gasteiger partial charge in [0.15, 0.2) is 0 Å². The predicted octanol–water partition coefficient (Wildman–Crippen LogP) is 6.53. The van der Waals surface area contributed by atoms with Crippen molar-refractivity contribution in [3.63, 3.8) is 0 Å². The molecule has 29 heavy (non-hydrogen) atoms. The number of carboxylic acid groups (broad SMARTS) is 1. The van der Waals surface area contributed by atoms with Crippen LogP contribution in [0.3, 0.4) is 0 Å². The van der Waals surface area contributed by atoms with Crippen LogP contribution in [0.5, 0.6) is 0 Å². The standard InChI is InChI=1S/C24H46N2O3/c1-3-4-5-6-7-8-9-10-11-12-13-14-15-16-17-18-19-20-21-26(24(28)29)22-23(27)25-2/h10-11H,3-9,12-22H2,1-2H3,(H,25,27)(H,28,29)/b11-10+. The van der Waals surface area contributed by atoms with E-state index in [1.807, 2.05) is 0 Å². The molecule has 0 bridgehead atoms. The fraction of sp³-hybridized carbons (Fsp3) is 0.833. The summed E-state index contributed by atoms with van der Waals surface area (Å²) in [6.45, 7) is 2.63. The number of amides is 2. The molecule has 0 unspecified atom stereocenters. The van der Waals surface area contributed by atoms with E-state index in [1.165, 1.54) is 95.4 Å². The van der Waals surface area contributed by atoms with Crippen molar-refractivity contribution < 1.29 is 14.7 Å². The Balaban J connectivity index is 3.37. The molecule has 0 heterocycles. The highest BCUT2D eigenvalue weighted by Crippen LogP contribution is 2.11. The zero-order valence-corrected chi connectivity index (χ0v) is 19.1. The van der Waals surface area contributed by atoms with Crippen LogP contribution < -0.4 is 5.32 Å². The predicted molar refractivity (Wildman–Crippen MR) is 122 cm³/mol. The number of nitrogens with one attached hydrogen (secondary N) is 1. The SMILES string of the molecule is CCCCCCCC/C=C/CCCCCCCCCCN(CC(=O)NC)C(=O)O. The van der Waals surface area contributed by atoms with Crippen molar-refractivity contribution >= 4 is 12.0 Å². The minimum Gasteiger partial charge on any atom is -0.465 e. The molecule has 0 aromatic carbocycles. The topological polar surface area (TPSA) is 69.6 Å². The van der Waals surface area contributed by atoms with Crippen molar-refractivity contribution in [1.82, 2.24) is 10.2 Å². The first kappa shape index (κ1) is 27.5. The average molecular weight is 411 g/mol. The molecule has 0 atom stereocenters. The monoisotopic (exact) mass is 410 g/mol. The molecule has 0 saturated carbocycles. The van der Waals surface area contributed by atoms with Crippen LogP contribution in [0, 0.1) is 0 Å². The summed E-state index contributed by atoms with van der Waals surface area (Å²) in [6, 6.07) is 0. The van der Waals surface area contributed by atoms with Crippen LogP contribution >= 0.6 is 0 Å². The fourth-order valence-corrected chi connectivity index (χ4v) is 3.40. The normalized spacial score (nSPS) is 11.1. The molecule has 2 N–H and O–H groups in total. The second-order valence-electron chi connectivity index (χ2n) is 8.02. The van der Waals surface area contributed by atoms with Gasteiger partial charge in [0.2, 0.25) is 5.91 Å². The Bertz CT molecular complexity index is 424. The Labute approximate surface area is 179 Å². The average Bonchev–Trinajstić information content (AvgIpc) is 2.71. The Hall–Kier alpha value is -1.52. The molecule has 0 rings (SSSR count). The van der Waals surface area contributed by atoms with Crippen LogP contribution in [0.4, 0.5) is 4.79 Å². The molecule has 0 saturated heterocycles. The van der Waals surface area contributed by atoms with Gasteiger partial charge in [-0.2, -0.15) is 0 Å². The number of hydrogen-bond acceptors (Lipinski definition) is 2. The van der Waals surface area contributed by atoms with Crippen molar-refractivity contribution in [3.05, 3.63) is 12.2 Å². The number of carbonyl (C=O) groups is 2. The second kappa shape index (κ2) is 21.2. The number of allylic oxidation sites excluding steroid dienone is 2. The minimum atomic E-state index is -1.02. The van der Waals surface area contributed by atoms with E-state index in [-0.39, 0.29) is 12.5 Å². The summed E-state index contributed by atoms with van der Waals surface area (Å²) in [5, 5.41) is 11.6. The summed E-state index contributed by atoms with van der Waals surface area (Å²) >= 11 is 0. The molecule has 0 radical (unpaired) electrons. The maximum Gasteiger partial charge on any atom is 0.407 e. The second-order valence-corrected chi connectivity index (χ2v) is 8.02. The first-order valence-electron chi connectivity index (χ1n) is 11.9. The van der Waals surface area contributed by atoms with E-state index in [9.17, 15) is 9.59 Å². The molecule has 5 heteroatoms. The highest BCUT2D eigenvalue weighted by Gasteiger charge is 2.14. The van der Waals surface area contributed by atoms with Crippen LogP contribution in [0.15, 0.2) is 12.2 Å². The lowest BCUT2D eigenvalue weighted by molar-refractivity contribution is -0.121. The van der Waals surface area contributed by atoms with Gasteiger partial charge in [-0.15, -0.1) is 0 Å². The number of nitrogens with zero attached hydrogens (tertiary/aromatic N) is 1. The van der Waals surface area contributed by atoms with Crippen molar-refractivity contribution in [2.45, 2.75) is 110 Å². The van der Waals surface area contributed by atoms with Crippen LogP contribution in [-0.4, -0.2) is 42.1 Å². The van der Waals surface area contributed by atoms with Crippen molar-refractivity contribution in [2.24, 2.45) is 0 Å². The van der Waals surface area contributed by atoms with Gasteiger partial charge in [0.05, 0.1) is 0 Å². The quantitative estimate of drug-likeness (QED) is 0.177. The van der Waals surface area contributed by atoms with Gasteiger partial charge in [-0.25, -0.2) is 4.79 Å². The van der Waals surface area contributed by atoms with E-state index >= 15 is 0 Å². The molecular formula is C24H46N2O3. The van der Waals surface area contributed by atoms with Crippen LogP contribution in [0.25, 0.3) is 0 Å². The van der Waals surface area contributed by atoms with Gasteiger partial charge >= 0.3 is 6.09 Å². The van der Waals surface area contributed by atoms with Crippen LogP contribution in [-0.2, 0) is 4.79 Å². The van der Waals surface area contributed by atoms with E-state index < -0.39 is 6.09 Å². The molecule has 5 nitrogen and oxygen atoms in total. The van der Waals surface area contributed by atoms with Gasteiger partial charge in [0.1, 0.15) is 6.54 Å². The summed E-state index contributed by atoms with van der Waals surface area (Å²) in [5.41, 5.74) is 0. The highest BCUT2D eigenvalue weighted by molar-refractivity contribution is 5.81. The lowest BCUT2D eigenvalue weighted by Gasteiger charge is -2.17. The minimum absolute atomic E-state index is 0.0702. The maximum atomic E-state index is 11.3. The number of rotatable bonds is 20.